The number of rotatable bonds is 4. The minimum absolute atomic E-state index is 0.211. The van der Waals surface area contributed by atoms with E-state index in [1.165, 1.54) is 0 Å². The van der Waals surface area contributed by atoms with E-state index >= 15 is 0 Å². The number of nitrogens with one attached hydrogen (secondary N) is 1. The summed E-state index contributed by atoms with van der Waals surface area (Å²) in [5.41, 5.74) is 0. The fourth-order valence-corrected chi connectivity index (χ4v) is 3.12. The summed E-state index contributed by atoms with van der Waals surface area (Å²) in [6, 6.07) is 1.59. The molecule has 0 aromatic carbocycles. The first-order valence-corrected chi connectivity index (χ1v) is 6.69. The van der Waals surface area contributed by atoms with E-state index in [4.69, 9.17) is 5.26 Å². The van der Waals surface area contributed by atoms with Crippen molar-refractivity contribution in [3.8, 4) is 6.07 Å². The average Bonchev–Trinajstić information content (AvgIpc) is 2.77. The van der Waals surface area contributed by atoms with Crippen LogP contribution in [0.4, 0.5) is 4.79 Å². The van der Waals surface area contributed by atoms with Crippen LogP contribution in [0.15, 0.2) is 0 Å². The molecule has 7 nitrogen and oxygen atoms in total. The number of hydrogen-bond acceptors (Lipinski definition) is 5. The van der Waals surface area contributed by atoms with Crippen LogP contribution < -0.4 is 4.72 Å². The molecule has 1 amide bonds. The van der Waals surface area contributed by atoms with Crippen molar-refractivity contribution >= 4 is 16.3 Å². The van der Waals surface area contributed by atoms with Crippen molar-refractivity contribution in [1.29, 1.82) is 5.26 Å². The van der Waals surface area contributed by atoms with Crippen LogP contribution >= 0.6 is 0 Å². The number of carbonyl (C=O) groups excluding carboxylic acids is 1. The largest absolute Gasteiger partial charge is 0.452 e. The normalized spacial score (nSPS) is 16.8. The van der Waals surface area contributed by atoms with Crippen LogP contribution in [0.25, 0.3) is 0 Å². The lowest BCUT2D eigenvalue weighted by Gasteiger charge is -2.24. The molecule has 1 aliphatic carbocycles. The molecule has 8 heteroatoms. The van der Waals surface area contributed by atoms with Crippen molar-refractivity contribution in [2.24, 2.45) is 0 Å². The first kappa shape index (κ1) is 13.7. The highest BCUT2D eigenvalue weighted by atomic mass is 32.2. The number of carbonyl (C=O) groups is 1. The van der Waals surface area contributed by atoms with E-state index in [1.807, 2.05) is 0 Å². The Labute approximate surface area is 101 Å². The van der Waals surface area contributed by atoms with E-state index in [-0.39, 0.29) is 12.6 Å². The molecule has 0 saturated heterocycles. The minimum atomic E-state index is -3.99. The number of nitriles is 1. The van der Waals surface area contributed by atoms with Gasteiger partial charge in [-0.25, -0.2) is 9.52 Å². The quantitative estimate of drug-likeness (QED) is 0.736. The predicted molar refractivity (Wildman–Crippen MR) is 59.0 cm³/mol. The van der Waals surface area contributed by atoms with Gasteiger partial charge in [0.25, 0.3) is 0 Å². The molecule has 1 rings (SSSR count). The second kappa shape index (κ2) is 5.84. The Kier molecular flexibility index (Phi) is 4.72. The molecule has 0 atom stereocenters. The molecule has 0 unspecified atom stereocenters. The fourth-order valence-electron chi connectivity index (χ4n) is 1.88. The highest BCUT2D eigenvalue weighted by Gasteiger charge is 2.33. The molecular weight excluding hydrogens is 246 g/mol. The third-order valence-corrected chi connectivity index (χ3v) is 4.13. The van der Waals surface area contributed by atoms with Gasteiger partial charge >= 0.3 is 16.3 Å². The van der Waals surface area contributed by atoms with Crippen molar-refractivity contribution in [1.82, 2.24) is 9.03 Å². The highest BCUT2D eigenvalue weighted by Crippen LogP contribution is 2.24. The first-order chi connectivity index (χ1) is 8.01. The van der Waals surface area contributed by atoms with Crippen LogP contribution in [-0.2, 0) is 14.9 Å². The Morgan fingerprint density at radius 1 is 1.53 bits per heavy atom. The van der Waals surface area contributed by atoms with Gasteiger partial charge < -0.3 is 4.74 Å². The fraction of sp³-hybridized carbons (Fsp3) is 0.778. The summed E-state index contributed by atoms with van der Waals surface area (Å²) in [4.78, 5) is 10.9. The standard InChI is InChI=1S/C9H15N3O4S/c1-16-9(13)11-17(14,15)12(7-6-10)8-4-2-3-5-8/h8H,2-5,7H2,1H3,(H,11,13). The summed E-state index contributed by atoms with van der Waals surface area (Å²) >= 11 is 0. The van der Waals surface area contributed by atoms with Crippen molar-refractivity contribution in [3.05, 3.63) is 0 Å². The van der Waals surface area contributed by atoms with Crippen LogP contribution in [0.1, 0.15) is 25.7 Å². The molecule has 1 fully saturated rings. The summed E-state index contributed by atoms with van der Waals surface area (Å²) < 4.78 is 30.7. The molecule has 0 spiro atoms. The maximum Gasteiger partial charge on any atom is 0.421 e. The van der Waals surface area contributed by atoms with Gasteiger partial charge in [0, 0.05) is 6.04 Å². The number of amides is 1. The lowest BCUT2D eigenvalue weighted by atomic mass is 10.2. The first-order valence-electron chi connectivity index (χ1n) is 5.25. The highest BCUT2D eigenvalue weighted by molar-refractivity contribution is 7.87. The molecule has 17 heavy (non-hydrogen) atoms. The summed E-state index contributed by atoms with van der Waals surface area (Å²) in [7, 11) is -2.91. The Morgan fingerprint density at radius 2 is 2.12 bits per heavy atom. The third-order valence-electron chi connectivity index (χ3n) is 2.66. The average molecular weight is 261 g/mol. The number of nitrogens with zero attached hydrogens (tertiary/aromatic N) is 2. The van der Waals surface area contributed by atoms with Crippen LogP contribution in [0.2, 0.25) is 0 Å². The Bertz CT molecular complexity index is 408. The van der Waals surface area contributed by atoms with Gasteiger partial charge in [-0.15, -0.1) is 0 Å². The second-order valence-electron chi connectivity index (χ2n) is 3.74. The van der Waals surface area contributed by atoms with Crippen LogP contribution in [0.3, 0.4) is 0 Å². The second-order valence-corrected chi connectivity index (χ2v) is 5.36. The van der Waals surface area contributed by atoms with Gasteiger partial charge in [0.15, 0.2) is 0 Å². The van der Waals surface area contributed by atoms with Crippen molar-refractivity contribution in [2.75, 3.05) is 13.7 Å². The molecule has 1 aliphatic rings. The van der Waals surface area contributed by atoms with E-state index < -0.39 is 16.3 Å². The van der Waals surface area contributed by atoms with E-state index in [0.29, 0.717) is 12.8 Å². The number of ether oxygens (including phenoxy) is 1. The molecule has 0 bridgehead atoms. The molecule has 0 radical (unpaired) electrons. The monoisotopic (exact) mass is 261 g/mol. The Morgan fingerprint density at radius 3 is 2.59 bits per heavy atom. The van der Waals surface area contributed by atoms with Gasteiger partial charge in [-0.3, -0.25) is 0 Å². The molecule has 0 aromatic heterocycles. The maximum atomic E-state index is 11.8. The van der Waals surface area contributed by atoms with Gasteiger partial charge in [-0.05, 0) is 12.8 Å². The SMILES string of the molecule is COC(=O)NS(=O)(=O)N(CC#N)C1CCCC1. The van der Waals surface area contributed by atoms with Gasteiger partial charge in [-0.2, -0.15) is 18.0 Å². The molecule has 0 heterocycles. The zero-order valence-corrected chi connectivity index (χ0v) is 10.4. The van der Waals surface area contributed by atoms with E-state index in [2.05, 4.69) is 4.74 Å². The predicted octanol–water partition coefficient (Wildman–Crippen LogP) is 0.355. The van der Waals surface area contributed by atoms with Crippen molar-refractivity contribution in [3.63, 3.8) is 0 Å². The zero-order chi connectivity index (χ0) is 12.9. The smallest absolute Gasteiger partial charge is 0.421 e. The molecule has 0 aliphatic heterocycles. The molecular formula is C9H15N3O4S. The van der Waals surface area contributed by atoms with Crippen molar-refractivity contribution < 1.29 is 17.9 Å². The van der Waals surface area contributed by atoms with Crippen LogP contribution in [-0.4, -0.2) is 38.5 Å². The van der Waals surface area contributed by atoms with E-state index in [0.717, 1.165) is 24.3 Å². The maximum absolute atomic E-state index is 11.8. The summed E-state index contributed by atoms with van der Waals surface area (Å²) in [5.74, 6) is 0. The molecule has 1 N–H and O–H groups in total. The topological polar surface area (TPSA) is 99.5 Å². The van der Waals surface area contributed by atoms with Gasteiger partial charge in [0.2, 0.25) is 0 Å². The third kappa shape index (κ3) is 3.57. The lowest BCUT2D eigenvalue weighted by molar-refractivity contribution is 0.176. The van der Waals surface area contributed by atoms with E-state index in [9.17, 15) is 13.2 Å². The van der Waals surface area contributed by atoms with Gasteiger partial charge in [0.05, 0.1) is 13.2 Å². The minimum Gasteiger partial charge on any atom is -0.452 e. The zero-order valence-electron chi connectivity index (χ0n) is 9.55. The molecule has 1 saturated carbocycles. The molecule has 96 valence electrons. The lowest BCUT2D eigenvalue weighted by Crippen LogP contribution is -2.47. The van der Waals surface area contributed by atoms with Crippen molar-refractivity contribution in [2.45, 2.75) is 31.7 Å². The Balaban J connectivity index is 2.81. The van der Waals surface area contributed by atoms with Crippen LogP contribution in [0.5, 0.6) is 0 Å². The summed E-state index contributed by atoms with van der Waals surface area (Å²) in [5, 5.41) is 8.65. The summed E-state index contributed by atoms with van der Waals surface area (Å²) in [6.07, 6.45) is 2.24. The van der Waals surface area contributed by atoms with Gasteiger partial charge in [0.1, 0.15) is 6.54 Å². The van der Waals surface area contributed by atoms with Crippen LogP contribution in [0, 0.1) is 11.3 Å². The number of hydrogen-bond donors (Lipinski definition) is 1. The molecule has 0 aromatic rings. The van der Waals surface area contributed by atoms with E-state index in [1.54, 1.807) is 10.8 Å². The Hall–Kier alpha value is -1.33. The summed E-state index contributed by atoms with van der Waals surface area (Å²) in [6.45, 7) is -0.267. The van der Waals surface area contributed by atoms with Gasteiger partial charge in [-0.1, -0.05) is 12.8 Å². The number of methoxy groups -OCH3 is 1.